The Hall–Kier alpha value is -2.32. The third-order valence-corrected chi connectivity index (χ3v) is 5.41. The second-order valence-electron chi connectivity index (χ2n) is 5.81. The molecule has 0 saturated carbocycles. The number of nitrogens with zero attached hydrogens (tertiary/aromatic N) is 1. The zero-order valence-electron chi connectivity index (χ0n) is 13.2. The zero-order valence-corrected chi connectivity index (χ0v) is 14.0. The van der Waals surface area contributed by atoms with Gasteiger partial charge in [-0.3, -0.25) is 4.79 Å². The Balaban J connectivity index is 1.72. The fraction of sp³-hybridized carbons (Fsp3) is 0.235. The van der Waals surface area contributed by atoms with Crippen molar-refractivity contribution in [3.05, 3.63) is 65.7 Å². The number of nitrogens with one attached hydrogen (secondary N) is 1. The second-order valence-corrected chi connectivity index (χ2v) is 7.53. The van der Waals surface area contributed by atoms with E-state index in [1.54, 1.807) is 4.90 Å². The van der Waals surface area contributed by atoms with Gasteiger partial charge in [0.2, 0.25) is 15.9 Å². The van der Waals surface area contributed by atoms with Crippen LogP contribution in [0.3, 0.4) is 0 Å². The Kier molecular flexibility index (Phi) is 4.82. The lowest BCUT2D eigenvalue weighted by molar-refractivity contribution is -0.129. The van der Waals surface area contributed by atoms with Gasteiger partial charge >= 0.3 is 0 Å². The summed E-state index contributed by atoms with van der Waals surface area (Å²) in [5.74, 6) is -2.35. The maximum absolute atomic E-state index is 13.2. The molecular formula is C17H16F2N2O3S. The van der Waals surface area contributed by atoms with Crippen molar-refractivity contribution in [2.45, 2.75) is 23.9 Å². The molecule has 8 heteroatoms. The topological polar surface area (TPSA) is 66.5 Å². The Labute approximate surface area is 144 Å². The molecule has 0 aromatic heterocycles. The Bertz CT molecular complexity index is 868. The van der Waals surface area contributed by atoms with E-state index in [1.807, 2.05) is 30.3 Å². The van der Waals surface area contributed by atoms with Crippen molar-refractivity contribution < 1.29 is 22.0 Å². The third-order valence-electron chi connectivity index (χ3n) is 3.96. The molecule has 2 aromatic rings. The van der Waals surface area contributed by atoms with Gasteiger partial charge < -0.3 is 4.90 Å². The van der Waals surface area contributed by atoms with Gasteiger partial charge in [0.15, 0.2) is 0 Å². The van der Waals surface area contributed by atoms with E-state index < -0.39 is 32.6 Å². The van der Waals surface area contributed by atoms with E-state index in [2.05, 4.69) is 4.72 Å². The molecule has 1 atom stereocenters. The molecular weight excluding hydrogens is 350 g/mol. The van der Waals surface area contributed by atoms with E-state index in [9.17, 15) is 22.0 Å². The van der Waals surface area contributed by atoms with Crippen molar-refractivity contribution in [3.63, 3.8) is 0 Å². The normalized spacial score (nSPS) is 17.9. The smallest absolute Gasteiger partial charge is 0.241 e. The largest absolute Gasteiger partial charge is 0.337 e. The van der Waals surface area contributed by atoms with E-state index in [0.29, 0.717) is 37.7 Å². The van der Waals surface area contributed by atoms with Crippen molar-refractivity contribution in [1.29, 1.82) is 0 Å². The van der Waals surface area contributed by atoms with E-state index >= 15 is 0 Å². The Morgan fingerprint density at radius 1 is 1.08 bits per heavy atom. The van der Waals surface area contributed by atoms with Gasteiger partial charge in [-0.2, -0.15) is 4.72 Å². The fourth-order valence-electron chi connectivity index (χ4n) is 2.75. The quantitative estimate of drug-likeness (QED) is 0.881. The molecule has 1 amide bonds. The number of amides is 1. The number of rotatable bonds is 5. The van der Waals surface area contributed by atoms with E-state index in [-0.39, 0.29) is 5.91 Å². The van der Waals surface area contributed by atoms with Crippen LogP contribution in [0.15, 0.2) is 53.4 Å². The average Bonchev–Trinajstić information content (AvgIpc) is 2.88. The predicted octanol–water partition coefficient (Wildman–Crippen LogP) is 2.04. The van der Waals surface area contributed by atoms with Gasteiger partial charge in [0.25, 0.3) is 0 Å². The predicted molar refractivity (Wildman–Crippen MR) is 86.9 cm³/mol. The minimum atomic E-state index is -4.20. The van der Waals surface area contributed by atoms with E-state index in [1.165, 1.54) is 0 Å². The van der Waals surface area contributed by atoms with Crippen LogP contribution in [0.4, 0.5) is 8.78 Å². The number of carbonyl (C=O) groups excluding carboxylic acids is 1. The molecule has 25 heavy (non-hydrogen) atoms. The van der Waals surface area contributed by atoms with Crippen LogP contribution in [0.1, 0.15) is 12.0 Å². The van der Waals surface area contributed by atoms with Gasteiger partial charge in [-0.15, -0.1) is 0 Å². The molecule has 2 aromatic carbocycles. The van der Waals surface area contributed by atoms with Crippen LogP contribution in [-0.2, 0) is 21.4 Å². The van der Waals surface area contributed by atoms with Crippen molar-refractivity contribution >= 4 is 15.9 Å². The van der Waals surface area contributed by atoms with Gasteiger partial charge in [0.05, 0.1) is 4.90 Å². The molecule has 1 fully saturated rings. The summed E-state index contributed by atoms with van der Waals surface area (Å²) >= 11 is 0. The van der Waals surface area contributed by atoms with Gasteiger partial charge in [0, 0.05) is 19.2 Å². The van der Waals surface area contributed by atoms with Crippen molar-refractivity contribution in [2.24, 2.45) is 0 Å². The first-order chi connectivity index (χ1) is 11.8. The van der Waals surface area contributed by atoms with Crippen molar-refractivity contribution in [3.8, 4) is 0 Å². The number of carbonyl (C=O) groups is 1. The first-order valence-electron chi connectivity index (χ1n) is 7.66. The number of sulfonamides is 1. The highest BCUT2D eigenvalue weighted by atomic mass is 32.2. The molecule has 1 saturated heterocycles. The minimum absolute atomic E-state index is 0.294. The average molecular weight is 366 g/mol. The number of benzene rings is 2. The molecule has 0 bridgehead atoms. The van der Waals surface area contributed by atoms with Gasteiger partial charge in [-0.05, 0) is 24.1 Å². The molecule has 1 aliphatic rings. The first-order valence-corrected chi connectivity index (χ1v) is 9.14. The molecule has 0 radical (unpaired) electrons. The summed E-state index contributed by atoms with van der Waals surface area (Å²) in [5.41, 5.74) is 0.937. The van der Waals surface area contributed by atoms with Crippen LogP contribution >= 0.6 is 0 Å². The molecule has 0 unspecified atom stereocenters. The molecule has 5 nitrogen and oxygen atoms in total. The molecule has 3 rings (SSSR count). The zero-order chi connectivity index (χ0) is 18.0. The number of likely N-dealkylation sites (tertiary alicyclic amines) is 1. The van der Waals surface area contributed by atoms with Gasteiger partial charge in [-0.1, -0.05) is 30.3 Å². The SMILES string of the molecule is O=C1[C@@H](NS(=O)(=O)c2cc(F)cc(F)c2)CCN1Cc1ccccc1. The molecule has 1 aliphatic heterocycles. The van der Waals surface area contributed by atoms with Crippen LogP contribution in [0.25, 0.3) is 0 Å². The molecule has 0 aliphatic carbocycles. The number of hydrogen-bond donors (Lipinski definition) is 1. The Morgan fingerprint density at radius 2 is 1.72 bits per heavy atom. The summed E-state index contributed by atoms with van der Waals surface area (Å²) in [4.78, 5) is 13.4. The lowest BCUT2D eigenvalue weighted by Gasteiger charge is -2.17. The van der Waals surface area contributed by atoms with Gasteiger partial charge in [0.1, 0.15) is 17.7 Å². The lowest BCUT2D eigenvalue weighted by atomic mass is 10.2. The second kappa shape index (κ2) is 6.89. The molecule has 132 valence electrons. The fourth-order valence-corrected chi connectivity index (χ4v) is 4.01. The summed E-state index contributed by atoms with van der Waals surface area (Å²) in [5, 5.41) is 0. The van der Waals surface area contributed by atoms with Crippen LogP contribution in [0, 0.1) is 11.6 Å². The third kappa shape index (κ3) is 4.02. The van der Waals surface area contributed by atoms with E-state index in [4.69, 9.17) is 0 Å². The minimum Gasteiger partial charge on any atom is -0.337 e. The highest BCUT2D eigenvalue weighted by Crippen LogP contribution is 2.19. The molecule has 1 heterocycles. The summed E-state index contributed by atoms with van der Waals surface area (Å²) in [6.45, 7) is 0.783. The van der Waals surface area contributed by atoms with E-state index in [0.717, 1.165) is 5.56 Å². The van der Waals surface area contributed by atoms with Crippen LogP contribution in [0.2, 0.25) is 0 Å². The summed E-state index contributed by atoms with van der Waals surface area (Å²) in [7, 11) is -4.20. The lowest BCUT2D eigenvalue weighted by Crippen LogP contribution is -2.41. The number of hydrogen-bond acceptors (Lipinski definition) is 3. The van der Waals surface area contributed by atoms with Gasteiger partial charge in [-0.25, -0.2) is 17.2 Å². The first kappa shape index (κ1) is 17.5. The summed E-state index contributed by atoms with van der Waals surface area (Å²) in [6.07, 6.45) is 0.294. The molecule has 0 spiro atoms. The van der Waals surface area contributed by atoms with Crippen LogP contribution < -0.4 is 4.72 Å². The van der Waals surface area contributed by atoms with Crippen LogP contribution in [-0.4, -0.2) is 31.8 Å². The maximum atomic E-state index is 13.2. The summed E-state index contributed by atoms with van der Waals surface area (Å²) in [6, 6.07) is 10.4. The monoisotopic (exact) mass is 366 g/mol. The standard InChI is InChI=1S/C17H16F2N2O3S/c18-13-8-14(19)10-15(9-13)25(23,24)20-16-6-7-21(17(16)22)11-12-4-2-1-3-5-12/h1-5,8-10,16,20H,6-7,11H2/t16-/m0/s1. The van der Waals surface area contributed by atoms with Crippen molar-refractivity contribution in [2.75, 3.05) is 6.54 Å². The highest BCUT2D eigenvalue weighted by molar-refractivity contribution is 7.89. The van der Waals surface area contributed by atoms with Crippen molar-refractivity contribution in [1.82, 2.24) is 9.62 Å². The highest BCUT2D eigenvalue weighted by Gasteiger charge is 2.35. The molecule has 1 N–H and O–H groups in total. The number of halogens is 2. The Morgan fingerprint density at radius 3 is 2.36 bits per heavy atom. The summed E-state index contributed by atoms with van der Waals surface area (Å²) < 4.78 is 53.3. The maximum Gasteiger partial charge on any atom is 0.241 e. The van der Waals surface area contributed by atoms with Crippen LogP contribution in [0.5, 0.6) is 0 Å².